The van der Waals surface area contributed by atoms with Crippen LogP contribution in [0.15, 0.2) is 63.8 Å². The molecule has 6 nitrogen and oxygen atoms in total. The molecular weight excluding hydrogens is 354 g/mol. The van der Waals surface area contributed by atoms with Gasteiger partial charge in [-0.25, -0.2) is 15.2 Å². The Morgan fingerprint density at radius 2 is 2.07 bits per heavy atom. The van der Waals surface area contributed by atoms with Crippen LogP contribution in [0.25, 0.3) is 0 Å². The Morgan fingerprint density at radius 3 is 2.96 bits per heavy atom. The number of aromatic nitrogens is 1. The number of hydrogen-bond acceptors (Lipinski definition) is 6. The highest BCUT2D eigenvalue weighted by Gasteiger charge is 2.45. The first-order chi connectivity index (χ1) is 13.8. The Kier molecular flexibility index (Phi) is 3.63. The number of oxazole rings is 1. The van der Waals surface area contributed by atoms with E-state index in [0.717, 1.165) is 12.8 Å². The number of ether oxygens (including phenoxy) is 1. The van der Waals surface area contributed by atoms with Crippen LogP contribution in [0.2, 0.25) is 0 Å². The van der Waals surface area contributed by atoms with Crippen molar-refractivity contribution < 1.29 is 13.9 Å². The van der Waals surface area contributed by atoms with E-state index in [1.807, 2.05) is 0 Å². The minimum atomic E-state index is -0.395. The smallest absolute Gasteiger partial charge is 0.360 e. The number of allylic oxidation sites excluding steroid dienone is 4. The quantitative estimate of drug-likeness (QED) is 0.771. The zero-order valence-electron chi connectivity index (χ0n) is 15.6. The molecular formula is C22H23N3O3. The van der Waals surface area contributed by atoms with Crippen LogP contribution in [0.5, 0.6) is 0 Å². The monoisotopic (exact) mass is 377 g/mol. The number of fused-ring (bicyclic) bond motifs is 6. The maximum absolute atomic E-state index is 12.3. The third kappa shape index (κ3) is 2.44. The molecule has 0 aromatic carbocycles. The number of hydrogen-bond donors (Lipinski definition) is 2. The molecule has 5 unspecified atom stereocenters. The highest BCUT2D eigenvalue weighted by molar-refractivity contribution is 5.87. The van der Waals surface area contributed by atoms with Gasteiger partial charge in [0.1, 0.15) is 12.4 Å². The molecule has 5 atom stereocenters. The predicted octanol–water partition coefficient (Wildman–Crippen LogP) is 3.19. The molecule has 6 rings (SSSR count). The summed E-state index contributed by atoms with van der Waals surface area (Å²) in [6, 6.07) is 0.451. The standard InChI is InChI=1S/C22H23N3O3/c26-22(20-10-27-11-23-20)28-21-6-5-15-14-2-1-12-8-19-13(9-24-25-19)7-18(12)16(14)3-4-17(15)21/h3-4,7,9-12,14-15,19,21,24-25H,1-2,5-6,8H2. The molecule has 0 radical (unpaired) electrons. The third-order valence-electron chi connectivity index (χ3n) is 7.11. The SMILES string of the molecule is O=C(OC1CCC2C1=CC=C1C3=CC4=CNNC4CC3CCC12)c1cocn1. The fourth-order valence-corrected chi connectivity index (χ4v) is 5.82. The summed E-state index contributed by atoms with van der Waals surface area (Å²) >= 11 is 0. The average Bonchev–Trinajstić information content (AvgIpc) is 3.46. The van der Waals surface area contributed by atoms with Crippen molar-refractivity contribution in [2.24, 2.45) is 17.8 Å². The van der Waals surface area contributed by atoms with Crippen LogP contribution < -0.4 is 10.9 Å². The maximum Gasteiger partial charge on any atom is 0.360 e. The van der Waals surface area contributed by atoms with E-state index in [1.54, 1.807) is 0 Å². The fraction of sp³-hybridized carbons (Fsp3) is 0.455. The van der Waals surface area contributed by atoms with Gasteiger partial charge in [0.25, 0.3) is 0 Å². The van der Waals surface area contributed by atoms with Gasteiger partial charge in [-0.1, -0.05) is 18.2 Å². The lowest BCUT2D eigenvalue weighted by atomic mass is 9.63. The minimum Gasteiger partial charge on any atom is -0.453 e. The fourth-order valence-electron chi connectivity index (χ4n) is 5.82. The molecule has 5 aliphatic rings. The molecule has 1 aliphatic heterocycles. The molecule has 2 N–H and O–H groups in total. The van der Waals surface area contributed by atoms with E-state index >= 15 is 0 Å². The zero-order chi connectivity index (χ0) is 18.7. The van der Waals surface area contributed by atoms with E-state index in [2.05, 4.69) is 40.3 Å². The molecule has 144 valence electrons. The van der Waals surface area contributed by atoms with Gasteiger partial charge in [-0.2, -0.15) is 0 Å². The van der Waals surface area contributed by atoms with Gasteiger partial charge in [0, 0.05) is 6.20 Å². The van der Waals surface area contributed by atoms with Crippen LogP contribution in [0.4, 0.5) is 0 Å². The van der Waals surface area contributed by atoms with Crippen molar-refractivity contribution in [1.29, 1.82) is 0 Å². The first-order valence-electron chi connectivity index (χ1n) is 10.2. The number of esters is 1. The summed E-state index contributed by atoms with van der Waals surface area (Å²) in [5, 5.41) is 0. The van der Waals surface area contributed by atoms with E-state index in [-0.39, 0.29) is 11.8 Å². The van der Waals surface area contributed by atoms with Crippen LogP contribution in [0, 0.1) is 17.8 Å². The Hall–Kier alpha value is -2.60. The second-order valence-corrected chi connectivity index (χ2v) is 8.44. The first kappa shape index (κ1) is 16.4. The van der Waals surface area contributed by atoms with Gasteiger partial charge in [0.15, 0.2) is 12.1 Å². The van der Waals surface area contributed by atoms with E-state index in [0.29, 0.717) is 23.8 Å². The van der Waals surface area contributed by atoms with Crippen LogP contribution in [0.1, 0.15) is 42.6 Å². The van der Waals surface area contributed by atoms with Crippen molar-refractivity contribution in [2.45, 2.75) is 44.2 Å². The minimum absolute atomic E-state index is 0.139. The lowest BCUT2D eigenvalue weighted by molar-refractivity contribution is 0.0375. The summed E-state index contributed by atoms with van der Waals surface area (Å²) in [5.41, 5.74) is 12.5. The van der Waals surface area contributed by atoms with Gasteiger partial charge in [0.05, 0.1) is 6.04 Å². The topological polar surface area (TPSA) is 76.4 Å². The van der Waals surface area contributed by atoms with Crippen molar-refractivity contribution in [3.63, 3.8) is 0 Å². The van der Waals surface area contributed by atoms with Crippen LogP contribution in [0.3, 0.4) is 0 Å². The first-order valence-corrected chi connectivity index (χ1v) is 10.2. The Bertz CT molecular complexity index is 940. The number of carbonyl (C=O) groups is 1. The Morgan fingerprint density at radius 1 is 1.14 bits per heavy atom. The molecule has 0 saturated heterocycles. The lowest BCUT2D eigenvalue weighted by Gasteiger charge is -2.42. The van der Waals surface area contributed by atoms with Crippen molar-refractivity contribution in [1.82, 2.24) is 15.8 Å². The molecule has 2 heterocycles. The summed E-state index contributed by atoms with van der Waals surface area (Å²) in [7, 11) is 0. The van der Waals surface area contributed by atoms with Crippen LogP contribution in [-0.4, -0.2) is 23.1 Å². The summed E-state index contributed by atoms with van der Waals surface area (Å²) in [4.78, 5) is 16.2. The Balaban J connectivity index is 1.28. The van der Waals surface area contributed by atoms with Crippen LogP contribution >= 0.6 is 0 Å². The van der Waals surface area contributed by atoms with Gasteiger partial charge < -0.3 is 14.6 Å². The maximum atomic E-state index is 12.3. The highest BCUT2D eigenvalue weighted by atomic mass is 16.5. The summed E-state index contributed by atoms with van der Waals surface area (Å²) in [5.74, 6) is 1.29. The molecule has 6 heteroatoms. The van der Waals surface area contributed by atoms with Gasteiger partial charge in [-0.05, 0) is 72.2 Å². The molecule has 1 aromatic heterocycles. The van der Waals surface area contributed by atoms with Gasteiger partial charge in [0.2, 0.25) is 0 Å². The molecule has 28 heavy (non-hydrogen) atoms. The van der Waals surface area contributed by atoms with Crippen molar-refractivity contribution in [2.75, 3.05) is 0 Å². The number of nitrogens with zero attached hydrogens (tertiary/aromatic N) is 1. The molecule has 0 amide bonds. The normalized spacial score (nSPS) is 35.2. The summed E-state index contributed by atoms with van der Waals surface area (Å²) < 4.78 is 10.7. The van der Waals surface area contributed by atoms with Gasteiger partial charge >= 0.3 is 5.97 Å². The molecule has 0 bridgehead atoms. The molecule has 2 saturated carbocycles. The largest absolute Gasteiger partial charge is 0.453 e. The third-order valence-corrected chi connectivity index (χ3v) is 7.11. The van der Waals surface area contributed by atoms with E-state index in [1.165, 1.54) is 54.2 Å². The van der Waals surface area contributed by atoms with Gasteiger partial charge in [-0.15, -0.1) is 0 Å². The van der Waals surface area contributed by atoms with Crippen molar-refractivity contribution in [3.8, 4) is 0 Å². The Labute approximate surface area is 163 Å². The zero-order valence-corrected chi connectivity index (χ0v) is 15.6. The molecule has 0 spiro atoms. The van der Waals surface area contributed by atoms with E-state index < -0.39 is 5.97 Å². The van der Waals surface area contributed by atoms with E-state index in [9.17, 15) is 4.79 Å². The second kappa shape index (κ2) is 6.21. The molecule has 4 aliphatic carbocycles. The number of rotatable bonds is 2. The molecule has 2 fully saturated rings. The number of nitrogens with one attached hydrogen (secondary N) is 2. The average molecular weight is 377 g/mol. The van der Waals surface area contributed by atoms with E-state index in [4.69, 9.17) is 9.15 Å². The van der Waals surface area contributed by atoms with Gasteiger partial charge in [-0.3, -0.25) is 0 Å². The van der Waals surface area contributed by atoms with Crippen molar-refractivity contribution in [3.05, 3.63) is 65.1 Å². The molecule has 1 aromatic rings. The second-order valence-electron chi connectivity index (χ2n) is 8.44. The lowest BCUT2D eigenvalue weighted by Crippen LogP contribution is -2.38. The summed E-state index contributed by atoms with van der Waals surface area (Å²) in [6.45, 7) is 0. The number of carbonyl (C=O) groups excluding carboxylic acids is 1. The summed E-state index contributed by atoms with van der Waals surface area (Å²) in [6.07, 6.45) is 17.1. The van der Waals surface area contributed by atoms with Crippen LogP contribution in [-0.2, 0) is 4.74 Å². The number of hydrazine groups is 1. The predicted molar refractivity (Wildman–Crippen MR) is 102 cm³/mol. The van der Waals surface area contributed by atoms with Crippen molar-refractivity contribution >= 4 is 5.97 Å². The highest BCUT2D eigenvalue weighted by Crippen LogP contribution is 2.53.